The zero-order valence-corrected chi connectivity index (χ0v) is 22.8. The third kappa shape index (κ3) is 5.07. The van der Waals surface area contributed by atoms with Crippen LogP contribution >= 0.6 is 0 Å². The van der Waals surface area contributed by atoms with E-state index in [1.807, 2.05) is 36.4 Å². The number of aromatic nitrogens is 4. The van der Waals surface area contributed by atoms with Crippen molar-refractivity contribution in [3.63, 3.8) is 0 Å². The van der Waals surface area contributed by atoms with Gasteiger partial charge in [-0.15, -0.1) is 5.10 Å². The van der Waals surface area contributed by atoms with Gasteiger partial charge in [-0.3, -0.25) is 5.10 Å². The molecule has 2 N–H and O–H groups in total. The second-order valence-corrected chi connectivity index (χ2v) is 11.4. The number of allylic oxidation sites excluding steroid dienone is 1. The minimum atomic E-state index is -0.588. The van der Waals surface area contributed by atoms with Gasteiger partial charge in [0.1, 0.15) is 0 Å². The third-order valence-electron chi connectivity index (χ3n) is 7.69. The molecular formula is C33H31FN4O2. The zero-order chi connectivity index (χ0) is 27.9. The predicted octanol–water partition coefficient (Wildman–Crippen LogP) is 7.61. The van der Waals surface area contributed by atoms with E-state index in [1.165, 1.54) is 23.1 Å². The highest BCUT2D eigenvalue weighted by Crippen LogP contribution is 2.46. The predicted molar refractivity (Wildman–Crippen MR) is 157 cm³/mol. The van der Waals surface area contributed by atoms with Gasteiger partial charge in [-0.2, -0.15) is 9.49 Å². The number of fused-ring (bicyclic) bond motifs is 1. The van der Waals surface area contributed by atoms with Gasteiger partial charge in [-0.05, 0) is 81.3 Å². The molecule has 1 saturated carbocycles. The van der Waals surface area contributed by atoms with Crippen molar-refractivity contribution in [3.8, 4) is 0 Å². The Kier molecular flexibility index (Phi) is 6.58. The lowest BCUT2D eigenvalue weighted by Crippen LogP contribution is -2.16. The van der Waals surface area contributed by atoms with Gasteiger partial charge >= 0.3 is 5.76 Å². The Morgan fingerprint density at radius 1 is 0.925 bits per heavy atom. The molecule has 6 rings (SSSR count). The molecule has 202 valence electrons. The van der Waals surface area contributed by atoms with Crippen LogP contribution in [0.2, 0.25) is 0 Å². The molecule has 7 heteroatoms. The smallest absolute Gasteiger partial charge is 0.388 e. The van der Waals surface area contributed by atoms with E-state index in [2.05, 4.69) is 77.6 Å². The van der Waals surface area contributed by atoms with Crippen molar-refractivity contribution in [1.29, 1.82) is 0 Å². The SMILES string of the molecule is CC(C)(C)c1cccc(C(=C(c2ccc(/C=C/c3n[nH]c(=O)o3)cc2)c2ccc3n[nH]c(F)c3c2)C2CCC2)c1. The summed E-state index contributed by atoms with van der Waals surface area (Å²) in [5.74, 6) is -0.384. The summed E-state index contributed by atoms with van der Waals surface area (Å²) in [7, 11) is 0. The largest absolute Gasteiger partial charge is 0.434 e. The summed E-state index contributed by atoms with van der Waals surface area (Å²) < 4.78 is 19.6. The second kappa shape index (κ2) is 10.2. The lowest BCUT2D eigenvalue weighted by atomic mass is 9.72. The molecule has 0 spiro atoms. The molecule has 3 aromatic carbocycles. The highest BCUT2D eigenvalue weighted by Gasteiger charge is 2.28. The molecule has 1 aliphatic carbocycles. The summed E-state index contributed by atoms with van der Waals surface area (Å²) in [6, 6.07) is 22.9. The highest BCUT2D eigenvalue weighted by molar-refractivity contribution is 6.01. The summed E-state index contributed by atoms with van der Waals surface area (Å²) >= 11 is 0. The first-order valence-electron chi connectivity index (χ1n) is 13.6. The number of hydrogen-bond donors (Lipinski definition) is 2. The molecule has 1 aliphatic rings. The van der Waals surface area contributed by atoms with Crippen LogP contribution in [-0.4, -0.2) is 20.4 Å². The number of rotatable bonds is 6. The van der Waals surface area contributed by atoms with E-state index in [1.54, 1.807) is 6.08 Å². The van der Waals surface area contributed by atoms with E-state index in [-0.39, 0.29) is 11.3 Å². The molecule has 0 bridgehead atoms. The van der Waals surface area contributed by atoms with Gasteiger partial charge in [-0.25, -0.2) is 9.89 Å². The number of hydrogen-bond acceptors (Lipinski definition) is 4. The molecule has 2 heterocycles. The van der Waals surface area contributed by atoms with Crippen molar-refractivity contribution in [3.05, 3.63) is 117 Å². The van der Waals surface area contributed by atoms with Gasteiger partial charge < -0.3 is 4.42 Å². The van der Waals surface area contributed by atoms with Gasteiger partial charge in [0.15, 0.2) is 0 Å². The monoisotopic (exact) mass is 534 g/mol. The van der Waals surface area contributed by atoms with Crippen LogP contribution in [0.4, 0.5) is 4.39 Å². The first-order chi connectivity index (χ1) is 19.3. The van der Waals surface area contributed by atoms with Crippen molar-refractivity contribution in [2.75, 3.05) is 0 Å². The fourth-order valence-electron chi connectivity index (χ4n) is 5.29. The molecule has 0 amide bonds. The maximum atomic E-state index is 14.6. The molecule has 2 aromatic heterocycles. The summed E-state index contributed by atoms with van der Waals surface area (Å²) in [5, 5.41) is 13.1. The van der Waals surface area contributed by atoms with Gasteiger partial charge in [0, 0.05) is 6.08 Å². The van der Waals surface area contributed by atoms with E-state index < -0.39 is 11.7 Å². The number of nitrogens with zero attached hydrogens (tertiary/aromatic N) is 2. The summed E-state index contributed by atoms with van der Waals surface area (Å²) in [5.41, 5.74) is 8.44. The first-order valence-corrected chi connectivity index (χ1v) is 13.6. The Morgan fingerprint density at radius 2 is 1.70 bits per heavy atom. The van der Waals surface area contributed by atoms with E-state index >= 15 is 0 Å². The number of halogens is 1. The van der Waals surface area contributed by atoms with Gasteiger partial charge in [0.05, 0.1) is 10.9 Å². The molecule has 0 aliphatic heterocycles. The molecule has 40 heavy (non-hydrogen) atoms. The van der Waals surface area contributed by atoms with Crippen LogP contribution in [0.25, 0.3) is 34.2 Å². The summed E-state index contributed by atoms with van der Waals surface area (Å²) in [6.45, 7) is 6.70. The number of nitrogens with one attached hydrogen (secondary N) is 2. The first kappa shape index (κ1) is 25.7. The van der Waals surface area contributed by atoms with Crippen LogP contribution in [0.5, 0.6) is 0 Å². The molecule has 0 radical (unpaired) electrons. The molecule has 6 nitrogen and oxygen atoms in total. The van der Waals surface area contributed by atoms with Crippen LogP contribution in [-0.2, 0) is 5.41 Å². The molecular weight excluding hydrogens is 503 g/mol. The van der Waals surface area contributed by atoms with Gasteiger partial charge in [0.2, 0.25) is 11.8 Å². The topological polar surface area (TPSA) is 87.6 Å². The fourth-order valence-corrected chi connectivity index (χ4v) is 5.29. The third-order valence-corrected chi connectivity index (χ3v) is 7.69. The molecule has 0 unspecified atom stereocenters. The Labute approximate surface area is 231 Å². The lowest BCUT2D eigenvalue weighted by molar-refractivity contribution is 0.401. The molecule has 5 aromatic rings. The molecule has 0 atom stereocenters. The average Bonchev–Trinajstić information content (AvgIpc) is 3.51. The second-order valence-electron chi connectivity index (χ2n) is 11.4. The standard InChI is InChI=1S/C33H31FN4O2/c1-33(2,3)25-9-5-8-23(18-25)29(21-6-4-7-21)30(24-15-16-27-26(19-24)31(34)37-35-27)22-13-10-20(11-14-22)12-17-28-36-38-32(39)40-28/h5,8-19,21H,4,6-7H2,1-3H3,(H,35,37)(H,38,39)/b17-12+,30-29?. The summed E-state index contributed by atoms with van der Waals surface area (Å²) in [4.78, 5) is 11.2. The Hall–Kier alpha value is -4.52. The van der Waals surface area contributed by atoms with Crippen LogP contribution in [0.1, 0.15) is 73.7 Å². The van der Waals surface area contributed by atoms with Crippen LogP contribution in [0, 0.1) is 11.9 Å². The van der Waals surface area contributed by atoms with Crippen LogP contribution in [0.15, 0.2) is 75.9 Å². The van der Waals surface area contributed by atoms with Crippen molar-refractivity contribution >= 4 is 34.2 Å². The van der Waals surface area contributed by atoms with Crippen molar-refractivity contribution in [2.45, 2.75) is 45.4 Å². The van der Waals surface area contributed by atoms with Gasteiger partial charge in [0.25, 0.3) is 0 Å². The Balaban J connectivity index is 1.53. The minimum Gasteiger partial charge on any atom is -0.388 e. The summed E-state index contributed by atoms with van der Waals surface area (Å²) in [6.07, 6.45) is 6.94. The number of benzene rings is 3. The van der Waals surface area contributed by atoms with Crippen LogP contribution < -0.4 is 5.76 Å². The Bertz CT molecular complexity index is 1790. The van der Waals surface area contributed by atoms with Crippen molar-refractivity contribution in [1.82, 2.24) is 20.4 Å². The zero-order valence-electron chi connectivity index (χ0n) is 22.8. The highest BCUT2D eigenvalue weighted by atomic mass is 19.1. The van der Waals surface area contributed by atoms with E-state index in [0.717, 1.165) is 35.1 Å². The molecule has 1 fully saturated rings. The van der Waals surface area contributed by atoms with Crippen molar-refractivity contribution < 1.29 is 8.81 Å². The van der Waals surface area contributed by atoms with Crippen LogP contribution in [0.3, 0.4) is 0 Å². The van der Waals surface area contributed by atoms with Crippen molar-refractivity contribution in [2.24, 2.45) is 5.92 Å². The fraction of sp³-hybridized carbons (Fsp3) is 0.242. The number of H-pyrrole nitrogens is 2. The van der Waals surface area contributed by atoms with Gasteiger partial charge in [-0.1, -0.05) is 81.8 Å². The number of aromatic amines is 2. The van der Waals surface area contributed by atoms with E-state index in [9.17, 15) is 9.18 Å². The quantitative estimate of drug-likeness (QED) is 0.220. The molecule has 0 saturated heterocycles. The Morgan fingerprint density at radius 3 is 2.38 bits per heavy atom. The average molecular weight is 535 g/mol. The van der Waals surface area contributed by atoms with E-state index in [0.29, 0.717) is 16.8 Å². The normalized spacial score (nSPS) is 15.0. The maximum absolute atomic E-state index is 14.6. The lowest BCUT2D eigenvalue weighted by Gasteiger charge is -2.32. The maximum Gasteiger partial charge on any atom is 0.434 e. The minimum absolute atomic E-state index is 0.0151. The van der Waals surface area contributed by atoms with E-state index in [4.69, 9.17) is 4.42 Å².